The summed E-state index contributed by atoms with van der Waals surface area (Å²) in [5.41, 5.74) is -0.800. The van der Waals surface area contributed by atoms with Gasteiger partial charge in [0, 0.05) is 6.54 Å². The van der Waals surface area contributed by atoms with E-state index in [9.17, 15) is 10.1 Å². The number of carbonyl (C=O) groups excluding carboxylic acids is 1. The summed E-state index contributed by atoms with van der Waals surface area (Å²) in [6.45, 7) is 12.9. The van der Waals surface area contributed by atoms with Crippen molar-refractivity contribution in [3.05, 3.63) is 0 Å². The summed E-state index contributed by atoms with van der Waals surface area (Å²) in [6.07, 6.45) is 1.13. The van der Waals surface area contributed by atoms with Gasteiger partial charge in [-0.25, -0.2) is 0 Å². The van der Waals surface area contributed by atoms with Crippen LogP contribution in [0, 0.1) is 28.1 Å². The molecule has 0 aromatic rings. The van der Waals surface area contributed by atoms with Crippen molar-refractivity contribution in [1.29, 1.82) is 5.26 Å². The van der Waals surface area contributed by atoms with Crippen molar-refractivity contribution in [2.45, 2.75) is 54.4 Å². The zero-order chi connectivity index (χ0) is 13.7. The zero-order valence-electron chi connectivity index (χ0n) is 12.1. The first-order chi connectivity index (χ1) is 7.75. The first-order valence-corrected chi connectivity index (χ1v) is 6.45. The van der Waals surface area contributed by atoms with E-state index in [0.717, 1.165) is 0 Å². The third-order valence-electron chi connectivity index (χ3n) is 4.12. The van der Waals surface area contributed by atoms with Crippen LogP contribution in [0.4, 0.5) is 0 Å². The number of nitrogens with one attached hydrogen (secondary N) is 1. The van der Waals surface area contributed by atoms with Crippen LogP contribution in [0.3, 0.4) is 0 Å². The highest BCUT2D eigenvalue weighted by atomic mass is 16.2. The fraction of sp³-hybridized carbons (Fsp3) is 0.857. The van der Waals surface area contributed by atoms with Crippen LogP contribution in [0.2, 0.25) is 0 Å². The molecule has 0 aromatic heterocycles. The van der Waals surface area contributed by atoms with E-state index < -0.39 is 5.41 Å². The lowest BCUT2D eigenvalue weighted by molar-refractivity contribution is -0.129. The molecule has 0 bridgehead atoms. The summed E-state index contributed by atoms with van der Waals surface area (Å²) in [5.74, 6) is 0.362. The van der Waals surface area contributed by atoms with Gasteiger partial charge in [0.15, 0.2) is 0 Å². The van der Waals surface area contributed by atoms with Gasteiger partial charge in [0.2, 0.25) is 5.91 Å². The second-order valence-electron chi connectivity index (χ2n) is 5.73. The maximum Gasteiger partial charge on any atom is 0.240 e. The van der Waals surface area contributed by atoms with E-state index >= 15 is 0 Å². The Morgan fingerprint density at radius 3 is 2.06 bits per heavy atom. The second kappa shape index (κ2) is 6.05. The molecule has 0 radical (unpaired) electrons. The molecule has 0 rings (SSSR count). The molecule has 0 aromatic carbocycles. The van der Waals surface area contributed by atoms with E-state index in [0.29, 0.717) is 25.3 Å². The van der Waals surface area contributed by atoms with Crippen molar-refractivity contribution in [3.8, 4) is 6.07 Å². The third-order valence-corrected chi connectivity index (χ3v) is 4.12. The largest absolute Gasteiger partial charge is 0.354 e. The van der Waals surface area contributed by atoms with Crippen LogP contribution >= 0.6 is 0 Å². The Bertz CT molecular complexity index is 296. The van der Waals surface area contributed by atoms with E-state index in [1.54, 1.807) is 0 Å². The van der Waals surface area contributed by atoms with Gasteiger partial charge >= 0.3 is 0 Å². The van der Waals surface area contributed by atoms with Gasteiger partial charge in [0.05, 0.1) is 6.07 Å². The summed E-state index contributed by atoms with van der Waals surface area (Å²) < 4.78 is 0. The lowest BCUT2D eigenvalue weighted by Crippen LogP contribution is -2.44. The molecule has 3 heteroatoms. The SMILES string of the molecule is CCC(C#N)(CC)C(=O)NCC(C)(C)C(C)C. The Morgan fingerprint density at radius 2 is 1.76 bits per heavy atom. The minimum absolute atomic E-state index is 0.0539. The first kappa shape index (κ1) is 16.0. The number of carbonyl (C=O) groups is 1. The van der Waals surface area contributed by atoms with E-state index in [1.807, 2.05) is 13.8 Å². The quantitative estimate of drug-likeness (QED) is 0.773. The predicted molar refractivity (Wildman–Crippen MR) is 70.3 cm³/mol. The summed E-state index contributed by atoms with van der Waals surface area (Å²) in [4.78, 5) is 12.1. The highest BCUT2D eigenvalue weighted by molar-refractivity contribution is 5.85. The van der Waals surface area contributed by atoms with Crippen molar-refractivity contribution in [2.24, 2.45) is 16.7 Å². The molecule has 0 unspecified atom stereocenters. The van der Waals surface area contributed by atoms with Gasteiger partial charge in [-0.3, -0.25) is 4.79 Å². The van der Waals surface area contributed by atoms with E-state index in [-0.39, 0.29) is 11.3 Å². The van der Waals surface area contributed by atoms with E-state index in [4.69, 9.17) is 0 Å². The lowest BCUT2D eigenvalue weighted by Gasteiger charge is -2.31. The Labute approximate surface area is 106 Å². The topological polar surface area (TPSA) is 52.9 Å². The van der Waals surface area contributed by atoms with Gasteiger partial charge in [-0.1, -0.05) is 41.5 Å². The first-order valence-electron chi connectivity index (χ1n) is 6.45. The van der Waals surface area contributed by atoms with Crippen molar-refractivity contribution in [2.75, 3.05) is 6.54 Å². The van der Waals surface area contributed by atoms with Crippen LogP contribution in [0.25, 0.3) is 0 Å². The summed E-state index contributed by atoms with van der Waals surface area (Å²) >= 11 is 0. The monoisotopic (exact) mass is 238 g/mol. The van der Waals surface area contributed by atoms with Gasteiger partial charge in [-0.2, -0.15) is 5.26 Å². The number of amides is 1. The molecule has 17 heavy (non-hydrogen) atoms. The molecular weight excluding hydrogens is 212 g/mol. The average molecular weight is 238 g/mol. The minimum Gasteiger partial charge on any atom is -0.354 e. The molecule has 1 amide bonds. The standard InChI is InChI=1S/C14H26N2O/c1-7-14(8-2,9-15)12(17)16-10-13(5,6)11(3)4/h11H,7-8,10H2,1-6H3,(H,16,17). The smallest absolute Gasteiger partial charge is 0.240 e. The summed E-state index contributed by atoms with van der Waals surface area (Å²) in [7, 11) is 0. The van der Waals surface area contributed by atoms with Gasteiger partial charge < -0.3 is 5.32 Å². The van der Waals surface area contributed by atoms with Crippen molar-refractivity contribution < 1.29 is 4.79 Å². The van der Waals surface area contributed by atoms with Crippen LogP contribution < -0.4 is 5.32 Å². The fourth-order valence-electron chi connectivity index (χ4n) is 1.46. The molecule has 0 heterocycles. The Hall–Kier alpha value is -1.04. The lowest BCUT2D eigenvalue weighted by atomic mass is 9.79. The minimum atomic E-state index is -0.854. The van der Waals surface area contributed by atoms with Gasteiger partial charge in [0.1, 0.15) is 5.41 Å². The van der Waals surface area contributed by atoms with Gasteiger partial charge in [0.25, 0.3) is 0 Å². The molecule has 0 saturated heterocycles. The molecule has 98 valence electrons. The second-order valence-corrected chi connectivity index (χ2v) is 5.73. The molecule has 0 aliphatic rings. The van der Waals surface area contributed by atoms with Gasteiger partial charge in [-0.15, -0.1) is 0 Å². The van der Waals surface area contributed by atoms with Crippen LogP contribution in [0.15, 0.2) is 0 Å². The maximum atomic E-state index is 12.1. The molecule has 3 nitrogen and oxygen atoms in total. The van der Waals surface area contributed by atoms with Crippen LogP contribution in [-0.2, 0) is 4.79 Å². The number of hydrogen-bond donors (Lipinski definition) is 1. The fourth-order valence-corrected chi connectivity index (χ4v) is 1.46. The predicted octanol–water partition coefficient (Wildman–Crippen LogP) is 3.11. The van der Waals surface area contributed by atoms with Crippen molar-refractivity contribution >= 4 is 5.91 Å². The van der Waals surface area contributed by atoms with E-state index in [1.165, 1.54) is 0 Å². The number of nitrogens with zero attached hydrogens (tertiary/aromatic N) is 1. The average Bonchev–Trinajstić information content (AvgIpc) is 2.29. The van der Waals surface area contributed by atoms with Crippen LogP contribution in [0.5, 0.6) is 0 Å². The van der Waals surface area contributed by atoms with Crippen molar-refractivity contribution in [3.63, 3.8) is 0 Å². The Kier molecular flexibility index (Phi) is 5.68. The van der Waals surface area contributed by atoms with E-state index in [2.05, 4.69) is 39.1 Å². The third kappa shape index (κ3) is 3.73. The number of rotatable bonds is 6. The highest BCUT2D eigenvalue weighted by Gasteiger charge is 2.36. The van der Waals surface area contributed by atoms with Crippen molar-refractivity contribution in [1.82, 2.24) is 5.32 Å². The number of hydrogen-bond acceptors (Lipinski definition) is 2. The molecule has 0 aliphatic carbocycles. The Balaban J connectivity index is 4.62. The normalized spacial score (nSPS) is 12.4. The van der Waals surface area contributed by atoms with Crippen LogP contribution in [-0.4, -0.2) is 12.5 Å². The molecule has 0 aliphatic heterocycles. The molecule has 0 fully saturated rings. The molecule has 0 atom stereocenters. The molecule has 0 spiro atoms. The highest BCUT2D eigenvalue weighted by Crippen LogP contribution is 2.28. The summed E-state index contributed by atoms with van der Waals surface area (Å²) in [5, 5.41) is 12.1. The van der Waals surface area contributed by atoms with Gasteiger partial charge in [-0.05, 0) is 24.2 Å². The number of nitriles is 1. The zero-order valence-corrected chi connectivity index (χ0v) is 12.1. The molecule has 1 N–H and O–H groups in total. The Morgan fingerprint density at radius 1 is 1.29 bits per heavy atom. The van der Waals surface area contributed by atoms with Crippen LogP contribution in [0.1, 0.15) is 54.4 Å². The maximum absolute atomic E-state index is 12.1. The molecular formula is C14H26N2O. The summed E-state index contributed by atoms with van der Waals surface area (Å²) in [6, 6.07) is 2.17. The molecule has 0 saturated carbocycles.